The summed E-state index contributed by atoms with van der Waals surface area (Å²) in [6.45, 7) is 0. The van der Waals surface area contributed by atoms with E-state index in [2.05, 4.69) is 15.2 Å². The average Bonchev–Trinajstić information content (AvgIpc) is 3.09. The topological polar surface area (TPSA) is 112 Å². The number of hydrogen-bond donors (Lipinski definition) is 0. The molecule has 0 amide bonds. The molecule has 120 valence electrons. The molecule has 2 heterocycles. The molecule has 1 aromatic carbocycles. The standard InChI is InChI=1S/C15H10N4O4S/c20-13(10-1-3-12(4-2-10)19(21)22)9-24-15-18-17-14(23-15)11-5-7-16-8-6-11/h1-8H,9H2. The summed E-state index contributed by atoms with van der Waals surface area (Å²) < 4.78 is 5.48. The first kappa shape index (κ1) is 15.8. The molecule has 0 aliphatic heterocycles. The molecule has 2 aromatic heterocycles. The number of benzene rings is 1. The third-order valence-corrected chi connectivity index (χ3v) is 3.88. The van der Waals surface area contributed by atoms with Crippen molar-refractivity contribution >= 4 is 23.2 Å². The molecule has 0 aliphatic carbocycles. The number of hydrogen-bond acceptors (Lipinski definition) is 8. The zero-order valence-electron chi connectivity index (χ0n) is 12.2. The number of carbonyl (C=O) groups is 1. The van der Waals surface area contributed by atoms with Gasteiger partial charge >= 0.3 is 0 Å². The Bertz CT molecular complexity index is 865. The van der Waals surface area contributed by atoms with Crippen molar-refractivity contribution in [3.8, 4) is 11.5 Å². The van der Waals surface area contributed by atoms with Crippen LogP contribution in [0.4, 0.5) is 5.69 Å². The van der Waals surface area contributed by atoms with Gasteiger partial charge in [-0.3, -0.25) is 19.9 Å². The van der Waals surface area contributed by atoms with Crippen LogP contribution >= 0.6 is 11.8 Å². The van der Waals surface area contributed by atoms with Crippen molar-refractivity contribution in [3.63, 3.8) is 0 Å². The quantitative estimate of drug-likeness (QED) is 0.291. The number of pyridine rings is 1. The van der Waals surface area contributed by atoms with Gasteiger partial charge < -0.3 is 4.42 Å². The first-order chi connectivity index (χ1) is 11.6. The highest BCUT2D eigenvalue weighted by atomic mass is 32.2. The summed E-state index contributed by atoms with van der Waals surface area (Å²) in [5, 5.41) is 18.7. The molecule has 0 aliphatic rings. The maximum atomic E-state index is 12.1. The number of aromatic nitrogens is 3. The van der Waals surface area contributed by atoms with Gasteiger partial charge in [0.15, 0.2) is 5.78 Å². The minimum atomic E-state index is -0.512. The number of Topliss-reactive ketones (excluding diaryl/α,β-unsaturated/α-hetero) is 1. The SMILES string of the molecule is O=C(CSc1nnc(-c2ccncc2)o1)c1ccc([N+](=O)[O-])cc1. The number of thioether (sulfide) groups is 1. The van der Waals surface area contributed by atoms with Gasteiger partial charge in [-0.15, -0.1) is 10.2 Å². The van der Waals surface area contributed by atoms with Gasteiger partial charge in [-0.25, -0.2) is 0 Å². The summed E-state index contributed by atoms with van der Waals surface area (Å²) in [6.07, 6.45) is 3.23. The Morgan fingerprint density at radius 3 is 2.50 bits per heavy atom. The molecular weight excluding hydrogens is 332 g/mol. The van der Waals surface area contributed by atoms with Gasteiger partial charge in [0.25, 0.3) is 10.9 Å². The van der Waals surface area contributed by atoms with E-state index in [-0.39, 0.29) is 22.4 Å². The van der Waals surface area contributed by atoms with Crippen LogP contribution in [0.25, 0.3) is 11.5 Å². The van der Waals surface area contributed by atoms with Crippen molar-refractivity contribution in [3.05, 3.63) is 64.5 Å². The number of ketones is 1. The Balaban J connectivity index is 1.62. The van der Waals surface area contributed by atoms with Crippen molar-refractivity contribution in [1.29, 1.82) is 0 Å². The van der Waals surface area contributed by atoms with Crippen molar-refractivity contribution in [1.82, 2.24) is 15.2 Å². The molecule has 0 spiro atoms. The maximum Gasteiger partial charge on any atom is 0.277 e. The molecule has 3 rings (SSSR count). The Kier molecular flexibility index (Phi) is 4.62. The number of nitro groups is 1. The molecule has 8 nitrogen and oxygen atoms in total. The molecule has 0 saturated carbocycles. The fourth-order valence-corrected chi connectivity index (χ4v) is 2.52. The van der Waals surface area contributed by atoms with Crippen LogP contribution in [0.15, 0.2) is 58.4 Å². The Morgan fingerprint density at radius 1 is 1.12 bits per heavy atom. The van der Waals surface area contributed by atoms with Crippen LogP contribution in [0, 0.1) is 10.1 Å². The molecule has 0 fully saturated rings. The van der Waals surface area contributed by atoms with Crippen LogP contribution in [0.1, 0.15) is 10.4 Å². The summed E-state index contributed by atoms with van der Waals surface area (Å²) in [5.74, 6) is 0.261. The summed E-state index contributed by atoms with van der Waals surface area (Å²) in [5.41, 5.74) is 1.08. The van der Waals surface area contributed by atoms with Gasteiger partial charge in [0.05, 0.1) is 10.7 Å². The predicted molar refractivity (Wildman–Crippen MR) is 85.7 cm³/mol. The van der Waals surface area contributed by atoms with Crippen molar-refractivity contribution < 1.29 is 14.1 Å². The van der Waals surface area contributed by atoms with Crippen molar-refractivity contribution in [2.75, 3.05) is 5.75 Å². The van der Waals surface area contributed by atoms with E-state index < -0.39 is 4.92 Å². The van der Waals surface area contributed by atoms with Crippen LogP contribution in [0.3, 0.4) is 0 Å². The molecule has 24 heavy (non-hydrogen) atoms. The number of rotatable bonds is 6. The summed E-state index contributed by atoms with van der Waals surface area (Å²) >= 11 is 1.11. The number of carbonyl (C=O) groups excluding carboxylic acids is 1. The van der Waals surface area contributed by atoms with Crippen LogP contribution in [0.2, 0.25) is 0 Å². The fraction of sp³-hybridized carbons (Fsp3) is 0.0667. The molecule has 0 radical (unpaired) electrons. The third kappa shape index (κ3) is 3.63. The lowest BCUT2D eigenvalue weighted by Gasteiger charge is -1.98. The fourth-order valence-electron chi connectivity index (χ4n) is 1.86. The summed E-state index contributed by atoms with van der Waals surface area (Å²) in [4.78, 5) is 26.1. The Morgan fingerprint density at radius 2 is 1.83 bits per heavy atom. The molecule has 0 bridgehead atoms. The maximum absolute atomic E-state index is 12.1. The molecule has 0 saturated heterocycles. The van der Waals surface area contributed by atoms with E-state index in [1.807, 2.05) is 0 Å². The van der Waals surface area contributed by atoms with Gasteiger partial charge in [-0.05, 0) is 24.3 Å². The summed E-state index contributed by atoms with van der Waals surface area (Å²) in [6, 6.07) is 8.93. The zero-order chi connectivity index (χ0) is 16.9. The van der Waals surface area contributed by atoms with Gasteiger partial charge in [-0.1, -0.05) is 11.8 Å². The number of nitrogens with zero attached hydrogens (tertiary/aromatic N) is 4. The monoisotopic (exact) mass is 342 g/mol. The summed E-state index contributed by atoms with van der Waals surface area (Å²) in [7, 11) is 0. The van der Waals surface area contributed by atoms with E-state index in [9.17, 15) is 14.9 Å². The van der Waals surface area contributed by atoms with E-state index >= 15 is 0 Å². The first-order valence-corrected chi connectivity index (χ1v) is 7.76. The molecular formula is C15H10N4O4S. The number of non-ortho nitro benzene ring substituents is 1. The Hall–Kier alpha value is -3.07. The second-order valence-electron chi connectivity index (χ2n) is 4.62. The van der Waals surface area contributed by atoms with Gasteiger partial charge in [0, 0.05) is 35.7 Å². The normalized spacial score (nSPS) is 10.5. The molecule has 9 heteroatoms. The smallest absolute Gasteiger partial charge is 0.277 e. The lowest BCUT2D eigenvalue weighted by atomic mass is 10.1. The highest BCUT2D eigenvalue weighted by molar-refractivity contribution is 7.99. The number of nitro benzene ring substituents is 1. The van der Waals surface area contributed by atoms with E-state index in [1.54, 1.807) is 24.5 Å². The lowest BCUT2D eigenvalue weighted by Crippen LogP contribution is -2.02. The zero-order valence-corrected chi connectivity index (χ0v) is 13.0. The van der Waals surface area contributed by atoms with Crippen molar-refractivity contribution in [2.45, 2.75) is 5.22 Å². The molecule has 3 aromatic rings. The lowest BCUT2D eigenvalue weighted by molar-refractivity contribution is -0.384. The highest BCUT2D eigenvalue weighted by Crippen LogP contribution is 2.23. The third-order valence-electron chi connectivity index (χ3n) is 3.06. The first-order valence-electron chi connectivity index (χ1n) is 6.78. The molecule has 0 unspecified atom stereocenters. The predicted octanol–water partition coefficient (Wildman–Crippen LogP) is 3.01. The second kappa shape index (κ2) is 7.01. The average molecular weight is 342 g/mol. The second-order valence-corrected chi connectivity index (χ2v) is 5.55. The largest absolute Gasteiger partial charge is 0.411 e. The van der Waals surface area contributed by atoms with Crippen molar-refractivity contribution in [2.24, 2.45) is 0 Å². The molecule has 0 atom stereocenters. The van der Waals surface area contributed by atoms with Gasteiger partial charge in [-0.2, -0.15) is 0 Å². The van der Waals surface area contributed by atoms with E-state index in [0.29, 0.717) is 11.5 Å². The van der Waals surface area contributed by atoms with E-state index in [1.165, 1.54) is 24.3 Å². The van der Waals surface area contributed by atoms with E-state index in [0.717, 1.165) is 17.3 Å². The van der Waals surface area contributed by atoms with Gasteiger partial charge in [0.1, 0.15) is 0 Å². The minimum Gasteiger partial charge on any atom is -0.411 e. The minimum absolute atomic E-state index is 0.0573. The highest BCUT2D eigenvalue weighted by Gasteiger charge is 2.13. The van der Waals surface area contributed by atoms with Crippen LogP contribution in [-0.4, -0.2) is 31.6 Å². The Labute approximate surface area is 140 Å². The van der Waals surface area contributed by atoms with Crippen LogP contribution in [-0.2, 0) is 0 Å². The van der Waals surface area contributed by atoms with E-state index in [4.69, 9.17) is 4.42 Å². The van der Waals surface area contributed by atoms with Crippen LogP contribution in [0.5, 0.6) is 0 Å². The molecule has 0 N–H and O–H groups in total. The van der Waals surface area contributed by atoms with Gasteiger partial charge in [0.2, 0.25) is 5.89 Å². The van der Waals surface area contributed by atoms with Crippen LogP contribution < -0.4 is 0 Å².